The molecule has 0 aromatic carbocycles. The van der Waals surface area contributed by atoms with Crippen LogP contribution in [0.4, 0.5) is 0 Å². The molecule has 0 bridgehead atoms. The standard InChI is InChI=1S/C30H54/c1-21-11-15-25-27(3,4)17-9-19-29(25,7)23(21)13-14-24-22(2)12-16-26-28(5,6)18-10-20-30(24,26)8/h21-26H,9-20H2,1-8H3. The van der Waals surface area contributed by atoms with Gasteiger partial charge in [0, 0.05) is 0 Å². The van der Waals surface area contributed by atoms with Gasteiger partial charge in [-0.15, -0.1) is 0 Å². The second-order valence-corrected chi connectivity index (χ2v) is 14.7. The lowest BCUT2D eigenvalue weighted by atomic mass is 9.44. The zero-order valence-electron chi connectivity index (χ0n) is 21.9. The molecule has 8 unspecified atom stereocenters. The highest BCUT2D eigenvalue weighted by molar-refractivity contribution is 5.05. The summed E-state index contributed by atoms with van der Waals surface area (Å²) in [7, 11) is 0. The van der Waals surface area contributed by atoms with Gasteiger partial charge in [-0.1, -0.05) is 81.1 Å². The Bertz CT molecular complexity index is 560. The SMILES string of the molecule is CC1CCC2C(C)(C)CCCC2(C)C1CCC1C(C)CCC2C(C)(C)CCCC12C. The van der Waals surface area contributed by atoms with E-state index in [1.807, 2.05) is 0 Å². The van der Waals surface area contributed by atoms with Gasteiger partial charge < -0.3 is 0 Å². The minimum atomic E-state index is 0.563. The molecule has 0 aliphatic heterocycles. The van der Waals surface area contributed by atoms with Crippen molar-refractivity contribution in [2.45, 2.75) is 132 Å². The molecule has 4 saturated carbocycles. The molecule has 4 aliphatic rings. The van der Waals surface area contributed by atoms with E-state index in [1.165, 1.54) is 77.0 Å². The molecule has 174 valence electrons. The second-order valence-electron chi connectivity index (χ2n) is 14.7. The maximum absolute atomic E-state index is 2.73. The van der Waals surface area contributed by atoms with Gasteiger partial charge in [0.05, 0.1) is 0 Å². The minimum Gasteiger partial charge on any atom is -0.0622 e. The molecule has 30 heavy (non-hydrogen) atoms. The summed E-state index contributed by atoms with van der Waals surface area (Å²) in [6.07, 6.45) is 17.9. The Balaban J connectivity index is 1.55. The molecule has 0 heteroatoms. The van der Waals surface area contributed by atoms with Crippen LogP contribution in [-0.4, -0.2) is 0 Å². The molecule has 4 fully saturated rings. The molecule has 0 saturated heterocycles. The minimum absolute atomic E-state index is 0.563. The van der Waals surface area contributed by atoms with Gasteiger partial charge in [0.25, 0.3) is 0 Å². The van der Waals surface area contributed by atoms with Crippen LogP contribution in [0.3, 0.4) is 0 Å². The van der Waals surface area contributed by atoms with E-state index in [-0.39, 0.29) is 0 Å². The van der Waals surface area contributed by atoms with Gasteiger partial charge in [-0.3, -0.25) is 0 Å². The predicted octanol–water partition coefficient (Wildman–Crippen LogP) is 9.52. The predicted molar refractivity (Wildman–Crippen MR) is 131 cm³/mol. The Kier molecular flexibility index (Phi) is 6.02. The molecular formula is C30H54. The van der Waals surface area contributed by atoms with E-state index < -0.39 is 0 Å². The molecule has 8 atom stereocenters. The van der Waals surface area contributed by atoms with Crippen LogP contribution >= 0.6 is 0 Å². The molecule has 0 radical (unpaired) electrons. The van der Waals surface area contributed by atoms with Crippen molar-refractivity contribution in [3.63, 3.8) is 0 Å². The molecule has 4 rings (SSSR count). The number of hydrogen-bond donors (Lipinski definition) is 0. The zero-order chi connectivity index (χ0) is 21.9. The Morgan fingerprint density at radius 3 is 1.27 bits per heavy atom. The van der Waals surface area contributed by atoms with Gasteiger partial charge in [-0.2, -0.15) is 0 Å². The van der Waals surface area contributed by atoms with Crippen molar-refractivity contribution in [3.05, 3.63) is 0 Å². The summed E-state index contributed by atoms with van der Waals surface area (Å²) in [5.41, 5.74) is 2.33. The Labute approximate surface area is 189 Å². The summed E-state index contributed by atoms with van der Waals surface area (Å²) >= 11 is 0. The first-order chi connectivity index (χ1) is 13.9. The molecule has 4 aliphatic carbocycles. The Morgan fingerprint density at radius 2 is 0.900 bits per heavy atom. The van der Waals surface area contributed by atoms with Gasteiger partial charge in [0.15, 0.2) is 0 Å². The van der Waals surface area contributed by atoms with Gasteiger partial charge in [-0.05, 0) is 109 Å². The average molecular weight is 415 g/mol. The van der Waals surface area contributed by atoms with Crippen LogP contribution < -0.4 is 0 Å². The molecular weight excluding hydrogens is 360 g/mol. The van der Waals surface area contributed by atoms with E-state index in [1.54, 1.807) is 0 Å². The molecule has 0 aromatic rings. The first-order valence-corrected chi connectivity index (χ1v) is 13.9. The maximum Gasteiger partial charge on any atom is -0.0262 e. The quantitative estimate of drug-likeness (QED) is 0.431. The third-order valence-corrected chi connectivity index (χ3v) is 12.2. The van der Waals surface area contributed by atoms with E-state index in [9.17, 15) is 0 Å². The lowest BCUT2D eigenvalue weighted by Crippen LogP contribution is -2.53. The smallest absolute Gasteiger partial charge is 0.0262 e. The largest absolute Gasteiger partial charge is 0.0622 e. The molecule has 0 nitrogen and oxygen atoms in total. The van der Waals surface area contributed by atoms with Crippen LogP contribution in [0.25, 0.3) is 0 Å². The van der Waals surface area contributed by atoms with E-state index >= 15 is 0 Å². The first-order valence-electron chi connectivity index (χ1n) is 13.9. The summed E-state index contributed by atoms with van der Waals surface area (Å²) < 4.78 is 0. The van der Waals surface area contributed by atoms with Gasteiger partial charge in [-0.25, -0.2) is 0 Å². The Hall–Kier alpha value is 0. The molecule has 0 spiro atoms. The van der Waals surface area contributed by atoms with Crippen molar-refractivity contribution in [3.8, 4) is 0 Å². The summed E-state index contributed by atoms with van der Waals surface area (Å²) in [5, 5.41) is 0. The zero-order valence-corrected chi connectivity index (χ0v) is 21.9. The highest BCUT2D eigenvalue weighted by Gasteiger charge is 2.56. The fourth-order valence-electron chi connectivity index (χ4n) is 10.8. The van der Waals surface area contributed by atoms with Crippen LogP contribution in [-0.2, 0) is 0 Å². The average Bonchev–Trinajstić information content (AvgIpc) is 2.61. The van der Waals surface area contributed by atoms with Crippen LogP contribution in [0, 0.1) is 57.2 Å². The van der Waals surface area contributed by atoms with Gasteiger partial charge in [0.2, 0.25) is 0 Å². The Morgan fingerprint density at radius 1 is 0.533 bits per heavy atom. The van der Waals surface area contributed by atoms with Crippen molar-refractivity contribution in [1.82, 2.24) is 0 Å². The monoisotopic (exact) mass is 414 g/mol. The maximum atomic E-state index is 2.73. The number of rotatable bonds is 3. The molecule has 0 heterocycles. The summed E-state index contributed by atoms with van der Waals surface area (Å²) in [4.78, 5) is 0. The van der Waals surface area contributed by atoms with Crippen LogP contribution in [0.1, 0.15) is 132 Å². The third kappa shape index (κ3) is 3.63. The van der Waals surface area contributed by atoms with E-state index in [0.717, 1.165) is 35.5 Å². The fraction of sp³-hybridized carbons (Fsp3) is 1.00. The lowest BCUT2D eigenvalue weighted by Gasteiger charge is -2.61. The molecule has 0 amide bonds. The lowest BCUT2D eigenvalue weighted by molar-refractivity contribution is -0.116. The number of fused-ring (bicyclic) bond motifs is 2. The fourth-order valence-corrected chi connectivity index (χ4v) is 10.8. The molecule has 0 aromatic heterocycles. The number of hydrogen-bond acceptors (Lipinski definition) is 0. The van der Waals surface area contributed by atoms with Crippen molar-refractivity contribution in [1.29, 1.82) is 0 Å². The van der Waals surface area contributed by atoms with Crippen LogP contribution in [0.15, 0.2) is 0 Å². The normalized spacial score (nSPS) is 50.4. The third-order valence-electron chi connectivity index (χ3n) is 12.2. The highest BCUT2D eigenvalue weighted by Crippen LogP contribution is 2.65. The second kappa shape index (κ2) is 7.80. The first kappa shape index (κ1) is 23.2. The summed E-state index contributed by atoms with van der Waals surface area (Å²) in [6, 6.07) is 0. The van der Waals surface area contributed by atoms with Crippen molar-refractivity contribution in [2.24, 2.45) is 57.2 Å². The van der Waals surface area contributed by atoms with Crippen LogP contribution in [0.5, 0.6) is 0 Å². The van der Waals surface area contributed by atoms with Gasteiger partial charge in [0.1, 0.15) is 0 Å². The molecule has 0 N–H and O–H groups in total. The highest BCUT2D eigenvalue weighted by atomic mass is 14.6. The summed E-state index contributed by atoms with van der Waals surface area (Å²) in [6.45, 7) is 21.1. The van der Waals surface area contributed by atoms with Crippen LogP contribution in [0.2, 0.25) is 0 Å². The van der Waals surface area contributed by atoms with Crippen molar-refractivity contribution in [2.75, 3.05) is 0 Å². The van der Waals surface area contributed by atoms with E-state index in [4.69, 9.17) is 0 Å². The van der Waals surface area contributed by atoms with Crippen molar-refractivity contribution < 1.29 is 0 Å². The van der Waals surface area contributed by atoms with Gasteiger partial charge >= 0.3 is 0 Å². The van der Waals surface area contributed by atoms with Crippen molar-refractivity contribution >= 4 is 0 Å². The van der Waals surface area contributed by atoms with E-state index in [0.29, 0.717) is 21.7 Å². The topological polar surface area (TPSA) is 0 Å². The van der Waals surface area contributed by atoms with E-state index in [2.05, 4.69) is 55.4 Å². The summed E-state index contributed by atoms with van der Waals surface area (Å²) in [5.74, 6) is 5.71.